The molecular weight excluding hydrogens is 245 g/mol. The van der Waals surface area contributed by atoms with Crippen molar-refractivity contribution in [1.82, 2.24) is 0 Å². The maximum atomic E-state index is 10.8. The van der Waals surface area contributed by atoms with Gasteiger partial charge < -0.3 is 20.3 Å². The summed E-state index contributed by atoms with van der Waals surface area (Å²) in [6, 6.07) is 0. The van der Waals surface area contributed by atoms with Gasteiger partial charge in [-0.3, -0.25) is 4.79 Å². The molecule has 1 aromatic heterocycles. The van der Waals surface area contributed by atoms with Gasteiger partial charge in [0.05, 0.1) is 5.69 Å². The van der Waals surface area contributed by atoms with Gasteiger partial charge in [0.25, 0.3) is 5.91 Å². The normalized spacial score (nSPS) is 9.06. The van der Waals surface area contributed by atoms with Crippen LogP contribution in [0.15, 0.2) is 5.38 Å². The number of nitrogens with one attached hydrogen (secondary N) is 1. The number of rotatable bonds is 2. The molecular formula is C8H6NNaO5S. The maximum Gasteiger partial charge on any atom is 1.00 e. The molecule has 0 aliphatic rings. The predicted octanol–water partition coefficient (Wildman–Crippen LogP) is -3.55. The number of carbonyl (C=O) groups excluding carboxylic acids is 2. The molecule has 0 saturated heterocycles. The van der Waals surface area contributed by atoms with Crippen LogP contribution < -0.4 is 40.0 Å². The zero-order valence-corrected chi connectivity index (χ0v) is 11.4. The van der Waals surface area contributed by atoms with Crippen LogP contribution in [0.1, 0.15) is 15.2 Å². The second-order valence-corrected chi connectivity index (χ2v) is 3.55. The third-order valence-corrected chi connectivity index (χ3v) is 2.68. The van der Waals surface area contributed by atoms with Crippen LogP contribution in [0.5, 0.6) is 0 Å². The van der Waals surface area contributed by atoms with Crippen LogP contribution in [0.4, 0.5) is 5.69 Å². The zero-order valence-electron chi connectivity index (χ0n) is 8.57. The molecule has 0 radical (unpaired) electrons. The second-order valence-electron chi connectivity index (χ2n) is 2.67. The molecule has 8 heteroatoms. The molecule has 0 fully saturated rings. The van der Waals surface area contributed by atoms with Crippen LogP contribution in [0.2, 0.25) is 0 Å². The summed E-state index contributed by atoms with van der Waals surface area (Å²) in [6.07, 6.45) is 0. The monoisotopic (exact) mass is 251 g/mol. The van der Waals surface area contributed by atoms with Gasteiger partial charge in [0.1, 0.15) is 10.8 Å². The Morgan fingerprint density at radius 1 is 1.44 bits per heavy atom. The zero-order chi connectivity index (χ0) is 11.6. The van der Waals surface area contributed by atoms with Gasteiger partial charge >= 0.3 is 35.5 Å². The van der Waals surface area contributed by atoms with E-state index in [2.05, 4.69) is 0 Å². The minimum atomic E-state index is -1.91. The number of carboxylic acids is 2. The van der Waals surface area contributed by atoms with Crippen molar-refractivity contribution in [3.63, 3.8) is 0 Å². The molecule has 0 aliphatic heterocycles. The molecule has 1 rings (SSSR count). The molecule has 0 unspecified atom stereocenters. The fraction of sp³-hybridized carbons (Fsp3) is 0.125. The van der Waals surface area contributed by atoms with E-state index in [1.165, 1.54) is 5.38 Å². The smallest absolute Gasteiger partial charge is 0.540 e. The number of carbonyl (C=O) groups is 3. The average Bonchev–Trinajstić information content (AvgIpc) is 2.48. The third kappa shape index (κ3) is 3.31. The van der Waals surface area contributed by atoms with Gasteiger partial charge in [-0.1, -0.05) is 0 Å². The Kier molecular flexibility index (Phi) is 5.66. The number of aryl methyl sites for hydroxylation is 1. The quantitative estimate of drug-likeness (QED) is 0.418. The molecule has 6 nitrogen and oxygen atoms in total. The van der Waals surface area contributed by atoms with Gasteiger partial charge in [0.15, 0.2) is 0 Å². The predicted molar refractivity (Wildman–Crippen MR) is 49.7 cm³/mol. The topological polar surface area (TPSA) is 107 Å². The summed E-state index contributed by atoms with van der Waals surface area (Å²) in [5, 5.41) is 22.4. The molecule has 0 bridgehead atoms. The van der Waals surface area contributed by atoms with Crippen LogP contribution >= 0.6 is 11.3 Å². The molecule has 16 heavy (non-hydrogen) atoms. The molecule has 0 aliphatic carbocycles. The summed E-state index contributed by atoms with van der Waals surface area (Å²) in [4.78, 5) is 31.5. The molecule has 1 amide bonds. The van der Waals surface area contributed by atoms with E-state index in [-0.39, 0.29) is 40.1 Å². The van der Waals surface area contributed by atoms with E-state index >= 15 is 0 Å². The summed E-state index contributed by atoms with van der Waals surface area (Å²) in [5.41, 5.74) is 0.494. The van der Waals surface area contributed by atoms with Gasteiger partial charge in [-0.15, -0.1) is 11.3 Å². The summed E-state index contributed by atoms with van der Waals surface area (Å²) < 4.78 is 0. The van der Waals surface area contributed by atoms with Crippen LogP contribution in [-0.2, 0) is 9.59 Å². The van der Waals surface area contributed by atoms with Crippen molar-refractivity contribution < 1.29 is 54.2 Å². The second kappa shape index (κ2) is 6.00. The van der Waals surface area contributed by atoms with E-state index in [1.807, 2.05) is 5.32 Å². The summed E-state index contributed by atoms with van der Waals surface area (Å²) in [7, 11) is 0. The minimum Gasteiger partial charge on any atom is -0.540 e. The van der Waals surface area contributed by atoms with Crippen molar-refractivity contribution in [3.8, 4) is 0 Å². The van der Waals surface area contributed by atoms with E-state index in [4.69, 9.17) is 5.11 Å². The standard InChI is InChI=1S/C8H7NO5S.Na/c1-3-2-15-5(7(11)12)4(3)9-6(10)8(13)14;/h2H,1H3,(H,9,10)(H,11,12)(H,13,14);/q;+1/p-1. The van der Waals surface area contributed by atoms with Crippen LogP contribution in [0.3, 0.4) is 0 Å². The number of thiophene rings is 1. The number of anilines is 1. The minimum absolute atomic E-state index is 0. The summed E-state index contributed by atoms with van der Waals surface area (Å²) in [5.74, 6) is -4.49. The first-order chi connectivity index (χ1) is 6.93. The van der Waals surface area contributed by atoms with E-state index < -0.39 is 17.8 Å². The number of hydrogen-bond donors (Lipinski definition) is 2. The third-order valence-electron chi connectivity index (χ3n) is 1.59. The van der Waals surface area contributed by atoms with Gasteiger partial charge in [-0.05, 0) is 17.9 Å². The molecule has 2 N–H and O–H groups in total. The van der Waals surface area contributed by atoms with Crippen LogP contribution in [0.25, 0.3) is 0 Å². The van der Waals surface area contributed by atoms with Gasteiger partial charge in [-0.2, -0.15) is 0 Å². The Morgan fingerprint density at radius 3 is 2.44 bits per heavy atom. The van der Waals surface area contributed by atoms with Crippen molar-refractivity contribution in [3.05, 3.63) is 15.8 Å². The Hall–Kier alpha value is -0.890. The molecule has 0 spiro atoms. The molecule has 0 atom stereocenters. The first-order valence-corrected chi connectivity index (χ1v) is 4.65. The summed E-state index contributed by atoms with van der Waals surface area (Å²) >= 11 is 0.910. The van der Waals surface area contributed by atoms with Gasteiger partial charge in [-0.25, -0.2) is 4.79 Å². The number of amides is 1. The van der Waals surface area contributed by atoms with E-state index in [1.54, 1.807) is 6.92 Å². The number of carboxylic acid groups (broad SMARTS) is 2. The fourth-order valence-corrected chi connectivity index (χ4v) is 1.76. The van der Waals surface area contributed by atoms with E-state index in [0.29, 0.717) is 5.56 Å². The Bertz CT molecular complexity index is 442. The molecule has 0 aromatic carbocycles. The van der Waals surface area contributed by atoms with Crippen LogP contribution in [-0.4, -0.2) is 23.0 Å². The molecule has 0 saturated carbocycles. The summed E-state index contributed by atoms with van der Waals surface area (Å²) in [6.45, 7) is 1.56. The Balaban J connectivity index is 0.00000225. The molecule has 80 valence electrons. The Morgan fingerprint density at radius 2 is 2.00 bits per heavy atom. The van der Waals surface area contributed by atoms with Gasteiger partial charge in [0.2, 0.25) is 0 Å². The van der Waals surface area contributed by atoms with Crippen LogP contribution in [0, 0.1) is 6.92 Å². The number of aromatic carboxylic acids is 1. The fourth-order valence-electron chi connectivity index (χ4n) is 0.921. The Labute approximate surface area is 117 Å². The van der Waals surface area contributed by atoms with E-state index in [9.17, 15) is 19.5 Å². The van der Waals surface area contributed by atoms with Crippen molar-refractivity contribution in [2.45, 2.75) is 6.92 Å². The first-order valence-electron chi connectivity index (χ1n) is 3.77. The number of hydrogen-bond acceptors (Lipinski definition) is 5. The van der Waals surface area contributed by atoms with Crippen molar-refractivity contribution in [1.29, 1.82) is 0 Å². The van der Waals surface area contributed by atoms with E-state index in [0.717, 1.165) is 11.3 Å². The largest absolute Gasteiger partial charge is 1.00 e. The average molecular weight is 251 g/mol. The van der Waals surface area contributed by atoms with Crippen molar-refractivity contribution in [2.24, 2.45) is 0 Å². The van der Waals surface area contributed by atoms with Crippen molar-refractivity contribution >= 4 is 34.9 Å². The SMILES string of the molecule is Cc1csc(C(=O)O)c1NC(=O)C(=O)[O-].[Na+]. The maximum absolute atomic E-state index is 10.8. The number of aliphatic carboxylic acids is 1. The molecule has 1 heterocycles. The molecule has 1 aromatic rings. The van der Waals surface area contributed by atoms with Gasteiger partial charge in [0, 0.05) is 0 Å². The first kappa shape index (κ1) is 15.1. The van der Waals surface area contributed by atoms with Crippen molar-refractivity contribution in [2.75, 3.05) is 5.32 Å².